The zero-order valence-corrected chi connectivity index (χ0v) is 8.39. The highest BCUT2D eigenvalue weighted by molar-refractivity contribution is 6.26. The lowest BCUT2D eigenvalue weighted by molar-refractivity contribution is 0.593. The monoisotopic (exact) mass is 161 g/mol. The molecule has 0 amide bonds. The summed E-state index contributed by atoms with van der Waals surface area (Å²) >= 11 is 0. The lowest BCUT2D eigenvalue weighted by Crippen LogP contribution is -2.18. The minimum absolute atomic E-state index is 0.0440. The summed E-state index contributed by atoms with van der Waals surface area (Å²) in [6.45, 7) is 9.88. The summed E-state index contributed by atoms with van der Waals surface area (Å²) in [5.41, 5.74) is 1.69. The van der Waals surface area contributed by atoms with Gasteiger partial charge in [0.2, 0.25) is 0 Å². The zero-order chi connectivity index (χ0) is 9.78. The molecule has 12 heavy (non-hydrogen) atoms. The SMILES string of the molecule is [B]/C(C=C)=C/C(=NC)C(C)(C)C. The van der Waals surface area contributed by atoms with E-state index < -0.39 is 0 Å². The van der Waals surface area contributed by atoms with Crippen LogP contribution in [0, 0.1) is 5.41 Å². The number of hydrogen-bond donors (Lipinski definition) is 0. The second-order valence-electron chi connectivity index (χ2n) is 3.71. The van der Waals surface area contributed by atoms with E-state index >= 15 is 0 Å². The maximum atomic E-state index is 5.61. The lowest BCUT2D eigenvalue weighted by atomic mass is 9.85. The van der Waals surface area contributed by atoms with Gasteiger partial charge in [-0.15, -0.1) is 0 Å². The van der Waals surface area contributed by atoms with Crippen molar-refractivity contribution < 1.29 is 0 Å². The molecule has 2 radical (unpaired) electrons. The topological polar surface area (TPSA) is 12.4 Å². The van der Waals surface area contributed by atoms with Crippen molar-refractivity contribution in [1.29, 1.82) is 0 Å². The first-order valence-corrected chi connectivity index (χ1v) is 3.98. The molecule has 0 spiro atoms. The van der Waals surface area contributed by atoms with Crippen LogP contribution in [0.2, 0.25) is 0 Å². The molecule has 0 aliphatic heterocycles. The van der Waals surface area contributed by atoms with E-state index in [1.807, 2.05) is 6.08 Å². The van der Waals surface area contributed by atoms with Gasteiger partial charge in [0, 0.05) is 18.2 Å². The minimum atomic E-state index is 0.0440. The molecule has 0 saturated carbocycles. The highest BCUT2D eigenvalue weighted by Crippen LogP contribution is 2.17. The van der Waals surface area contributed by atoms with Crippen molar-refractivity contribution in [1.82, 2.24) is 0 Å². The molecule has 0 aromatic heterocycles. The second kappa shape index (κ2) is 4.29. The number of hydrogen-bond acceptors (Lipinski definition) is 1. The molecule has 0 unspecified atom stereocenters. The first kappa shape index (κ1) is 11.2. The molecule has 1 nitrogen and oxygen atoms in total. The predicted molar refractivity (Wildman–Crippen MR) is 56.8 cm³/mol. The van der Waals surface area contributed by atoms with Crippen molar-refractivity contribution in [3.8, 4) is 0 Å². The summed E-state index contributed by atoms with van der Waals surface area (Å²) in [5.74, 6) is 0. The number of nitrogens with zero attached hydrogens (tertiary/aromatic N) is 1. The van der Waals surface area contributed by atoms with Crippen molar-refractivity contribution in [3.05, 3.63) is 24.2 Å². The van der Waals surface area contributed by atoms with E-state index in [-0.39, 0.29) is 5.41 Å². The maximum Gasteiger partial charge on any atom is 0.113 e. The van der Waals surface area contributed by atoms with E-state index in [0.29, 0.717) is 5.47 Å². The summed E-state index contributed by atoms with van der Waals surface area (Å²) in [6, 6.07) is 0. The van der Waals surface area contributed by atoms with E-state index in [9.17, 15) is 0 Å². The number of allylic oxidation sites excluding steroid dienone is 3. The third kappa shape index (κ3) is 3.56. The number of rotatable bonds is 2. The Hall–Kier alpha value is -0.785. The number of aliphatic imine (C=N–C) groups is 1. The lowest BCUT2D eigenvalue weighted by Gasteiger charge is -2.18. The standard InChI is InChI=1S/C10H16BN/c1-6-8(11)7-9(12-5)10(2,3)4/h6-7H,1H2,2-5H3/b8-7+,12-9?. The van der Waals surface area contributed by atoms with Crippen LogP contribution in [0.1, 0.15) is 20.8 Å². The largest absolute Gasteiger partial charge is 0.293 e. The Morgan fingerprint density at radius 3 is 2.17 bits per heavy atom. The van der Waals surface area contributed by atoms with Crippen LogP contribution in [0.15, 0.2) is 29.2 Å². The third-order valence-electron chi connectivity index (χ3n) is 1.55. The summed E-state index contributed by atoms with van der Waals surface area (Å²) < 4.78 is 0. The molecule has 0 aliphatic carbocycles. The van der Waals surface area contributed by atoms with Gasteiger partial charge >= 0.3 is 0 Å². The first-order valence-electron chi connectivity index (χ1n) is 3.98. The van der Waals surface area contributed by atoms with Gasteiger partial charge in [-0.25, -0.2) is 0 Å². The molecule has 0 saturated heterocycles. The Bertz CT molecular complexity index is 218. The van der Waals surface area contributed by atoms with Crippen LogP contribution in [0.3, 0.4) is 0 Å². The van der Waals surface area contributed by atoms with Gasteiger partial charge in [0.25, 0.3) is 0 Å². The fourth-order valence-electron chi connectivity index (χ4n) is 0.833. The predicted octanol–water partition coefficient (Wildman–Crippen LogP) is 2.34. The van der Waals surface area contributed by atoms with Crippen LogP contribution in [-0.2, 0) is 0 Å². The smallest absolute Gasteiger partial charge is 0.113 e. The zero-order valence-electron chi connectivity index (χ0n) is 8.39. The van der Waals surface area contributed by atoms with Crippen molar-refractivity contribution in [2.45, 2.75) is 20.8 Å². The molecular formula is C10H16BN. The summed E-state index contributed by atoms with van der Waals surface area (Å²) in [6.07, 6.45) is 3.48. The Kier molecular flexibility index (Phi) is 4.01. The van der Waals surface area contributed by atoms with Crippen molar-refractivity contribution in [2.75, 3.05) is 7.05 Å². The molecular weight excluding hydrogens is 145 g/mol. The van der Waals surface area contributed by atoms with Crippen LogP contribution >= 0.6 is 0 Å². The average Bonchev–Trinajstić information content (AvgIpc) is 1.97. The van der Waals surface area contributed by atoms with E-state index in [2.05, 4.69) is 32.3 Å². The van der Waals surface area contributed by atoms with Crippen LogP contribution in [0.5, 0.6) is 0 Å². The molecule has 0 aromatic rings. The molecule has 2 heteroatoms. The van der Waals surface area contributed by atoms with Gasteiger partial charge in [0.15, 0.2) is 0 Å². The van der Waals surface area contributed by atoms with Crippen LogP contribution in [0.4, 0.5) is 0 Å². The van der Waals surface area contributed by atoms with Gasteiger partial charge in [-0.3, -0.25) is 4.99 Å². The van der Waals surface area contributed by atoms with Crippen LogP contribution < -0.4 is 0 Å². The van der Waals surface area contributed by atoms with Gasteiger partial charge in [-0.2, -0.15) is 0 Å². The van der Waals surface area contributed by atoms with E-state index in [1.165, 1.54) is 0 Å². The Morgan fingerprint density at radius 2 is 1.92 bits per heavy atom. The maximum absolute atomic E-state index is 5.61. The molecule has 0 fully saturated rings. The molecule has 0 bridgehead atoms. The fourth-order valence-corrected chi connectivity index (χ4v) is 0.833. The highest BCUT2D eigenvalue weighted by Gasteiger charge is 2.15. The molecule has 0 aliphatic rings. The molecule has 0 aromatic carbocycles. The average molecular weight is 161 g/mol. The van der Waals surface area contributed by atoms with Crippen molar-refractivity contribution in [2.24, 2.45) is 10.4 Å². The molecule has 64 valence electrons. The summed E-state index contributed by atoms with van der Waals surface area (Å²) in [5, 5.41) is 0. The van der Waals surface area contributed by atoms with Gasteiger partial charge in [-0.1, -0.05) is 38.9 Å². The Balaban J connectivity index is 4.74. The highest BCUT2D eigenvalue weighted by atomic mass is 14.7. The quantitative estimate of drug-likeness (QED) is 0.335. The van der Waals surface area contributed by atoms with E-state index in [1.54, 1.807) is 13.1 Å². The molecule has 0 atom stereocenters. The summed E-state index contributed by atoms with van der Waals surface area (Å²) in [4.78, 5) is 4.16. The molecule has 0 rings (SSSR count). The minimum Gasteiger partial charge on any atom is -0.293 e. The van der Waals surface area contributed by atoms with Gasteiger partial charge in [-0.05, 0) is 6.08 Å². The Morgan fingerprint density at radius 1 is 1.42 bits per heavy atom. The van der Waals surface area contributed by atoms with Crippen molar-refractivity contribution >= 4 is 13.6 Å². The summed E-state index contributed by atoms with van der Waals surface area (Å²) in [7, 11) is 7.38. The van der Waals surface area contributed by atoms with Gasteiger partial charge in [0.05, 0.1) is 0 Å². The first-order chi connectivity index (χ1) is 5.41. The van der Waals surface area contributed by atoms with Crippen LogP contribution in [0.25, 0.3) is 0 Å². The van der Waals surface area contributed by atoms with E-state index in [0.717, 1.165) is 5.71 Å². The third-order valence-corrected chi connectivity index (χ3v) is 1.55. The second-order valence-corrected chi connectivity index (χ2v) is 3.71. The van der Waals surface area contributed by atoms with Crippen molar-refractivity contribution in [3.63, 3.8) is 0 Å². The normalized spacial score (nSPS) is 14.7. The fraction of sp³-hybridized carbons (Fsp3) is 0.500. The molecule has 0 N–H and O–H groups in total. The molecule has 0 heterocycles. The van der Waals surface area contributed by atoms with Gasteiger partial charge < -0.3 is 0 Å². The van der Waals surface area contributed by atoms with Gasteiger partial charge in [0.1, 0.15) is 7.85 Å². The Labute approximate surface area is 76.7 Å². The van der Waals surface area contributed by atoms with Crippen LogP contribution in [-0.4, -0.2) is 20.6 Å². The van der Waals surface area contributed by atoms with E-state index in [4.69, 9.17) is 7.85 Å².